The van der Waals surface area contributed by atoms with E-state index in [1.165, 1.54) is 11.4 Å². The van der Waals surface area contributed by atoms with Gasteiger partial charge in [-0.1, -0.05) is 36.4 Å². The number of rotatable bonds is 8. The highest BCUT2D eigenvalue weighted by atomic mass is 32.2. The van der Waals surface area contributed by atoms with Crippen molar-refractivity contribution < 1.29 is 22.7 Å². The fourth-order valence-electron chi connectivity index (χ4n) is 3.70. The van der Waals surface area contributed by atoms with E-state index in [-0.39, 0.29) is 24.7 Å². The topological polar surface area (TPSA) is 76.2 Å². The van der Waals surface area contributed by atoms with Crippen molar-refractivity contribution in [1.82, 2.24) is 9.21 Å². The molecule has 1 aliphatic rings. The summed E-state index contributed by atoms with van der Waals surface area (Å²) in [6.45, 7) is 4.96. The van der Waals surface area contributed by atoms with Crippen LogP contribution in [0.25, 0.3) is 0 Å². The number of amides is 1. The standard InChI is InChI=1S/C23H28N2O5S/c1-4-8-19-15-20(16-21(29-2)22(19)30-3)23(26)24-11-13-25(14-12-24)31(27,28)17-18-9-6-5-7-10-18/h4-7,9-10,15-16H,1,8,11-14,17H2,2-3H3. The summed E-state index contributed by atoms with van der Waals surface area (Å²) in [5, 5.41) is 0. The van der Waals surface area contributed by atoms with E-state index >= 15 is 0 Å². The molecule has 2 aromatic carbocycles. The van der Waals surface area contributed by atoms with Crippen molar-refractivity contribution in [2.75, 3.05) is 40.4 Å². The van der Waals surface area contributed by atoms with Gasteiger partial charge >= 0.3 is 0 Å². The Hall–Kier alpha value is -2.84. The molecule has 8 heteroatoms. The second kappa shape index (κ2) is 9.98. The summed E-state index contributed by atoms with van der Waals surface area (Å²) in [6.07, 6.45) is 2.27. The Balaban J connectivity index is 1.71. The third-order valence-electron chi connectivity index (χ3n) is 5.28. The van der Waals surface area contributed by atoms with Gasteiger partial charge in [0.1, 0.15) is 0 Å². The highest BCUT2D eigenvalue weighted by molar-refractivity contribution is 7.88. The van der Waals surface area contributed by atoms with Gasteiger partial charge in [-0.2, -0.15) is 4.31 Å². The summed E-state index contributed by atoms with van der Waals surface area (Å²) in [7, 11) is -0.352. The Morgan fingerprint density at radius 2 is 1.74 bits per heavy atom. The van der Waals surface area contributed by atoms with Gasteiger partial charge in [0.05, 0.1) is 20.0 Å². The van der Waals surface area contributed by atoms with Crippen molar-refractivity contribution >= 4 is 15.9 Å². The lowest BCUT2D eigenvalue weighted by molar-refractivity contribution is 0.0697. The van der Waals surface area contributed by atoms with Gasteiger partial charge < -0.3 is 14.4 Å². The zero-order valence-electron chi connectivity index (χ0n) is 17.9. The second-order valence-corrected chi connectivity index (χ2v) is 9.27. The van der Waals surface area contributed by atoms with Crippen molar-refractivity contribution in [3.8, 4) is 11.5 Å². The number of hydrogen-bond donors (Lipinski definition) is 0. The number of carbonyl (C=O) groups excluding carboxylic acids is 1. The Morgan fingerprint density at radius 3 is 2.32 bits per heavy atom. The van der Waals surface area contributed by atoms with Gasteiger partial charge in [0.25, 0.3) is 5.91 Å². The smallest absolute Gasteiger partial charge is 0.254 e. The van der Waals surface area contributed by atoms with Gasteiger partial charge in [0.15, 0.2) is 11.5 Å². The van der Waals surface area contributed by atoms with E-state index in [9.17, 15) is 13.2 Å². The third kappa shape index (κ3) is 5.26. The zero-order chi connectivity index (χ0) is 22.4. The molecule has 0 saturated carbocycles. The molecule has 0 spiro atoms. The van der Waals surface area contributed by atoms with E-state index in [2.05, 4.69) is 6.58 Å². The zero-order valence-corrected chi connectivity index (χ0v) is 18.7. The van der Waals surface area contributed by atoms with Gasteiger partial charge in [-0.3, -0.25) is 4.79 Å². The van der Waals surface area contributed by atoms with Crippen LogP contribution in [0.15, 0.2) is 55.1 Å². The van der Waals surface area contributed by atoms with Gasteiger partial charge in [-0.05, 0) is 24.1 Å². The van der Waals surface area contributed by atoms with Crippen LogP contribution >= 0.6 is 0 Å². The van der Waals surface area contributed by atoms with E-state index < -0.39 is 10.0 Å². The maximum absolute atomic E-state index is 13.1. The van der Waals surface area contributed by atoms with Crippen LogP contribution in [0.2, 0.25) is 0 Å². The van der Waals surface area contributed by atoms with E-state index in [1.54, 1.807) is 42.4 Å². The highest BCUT2D eigenvalue weighted by Crippen LogP contribution is 2.33. The monoisotopic (exact) mass is 444 g/mol. The molecule has 0 atom stereocenters. The molecule has 2 aromatic rings. The van der Waals surface area contributed by atoms with E-state index in [0.717, 1.165) is 11.1 Å². The Morgan fingerprint density at radius 1 is 1.06 bits per heavy atom. The summed E-state index contributed by atoms with van der Waals surface area (Å²) < 4.78 is 37.8. The molecular formula is C23H28N2O5S. The second-order valence-electron chi connectivity index (χ2n) is 7.30. The van der Waals surface area contributed by atoms with Crippen molar-refractivity contribution in [2.24, 2.45) is 0 Å². The molecular weight excluding hydrogens is 416 g/mol. The minimum Gasteiger partial charge on any atom is -0.493 e. The first-order chi connectivity index (χ1) is 14.9. The number of piperazine rings is 1. The average molecular weight is 445 g/mol. The fraction of sp³-hybridized carbons (Fsp3) is 0.348. The number of ether oxygens (including phenoxy) is 2. The molecule has 31 heavy (non-hydrogen) atoms. The number of hydrogen-bond acceptors (Lipinski definition) is 5. The van der Waals surface area contributed by atoms with Crippen molar-refractivity contribution in [3.05, 3.63) is 71.8 Å². The lowest BCUT2D eigenvalue weighted by Gasteiger charge is -2.34. The maximum atomic E-state index is 13.1. The third-order valence-corrected chi connectivity index (χ3v) is 7.13. The van der Waals surface area contributed by atoms with E-state index in [4.69, 9.17) is 9.47 Å². The number of sulfonamides is 1. The molecule has 0 unspecified atom stereocenters. The summed E-state index contributed by atoms with van der Waals surface area (Å²) in [5.74, 6) is 0.860. The van der Waals surface area contributed by atoms with Crippen molar-refractivity contribution in [3.63, 3.8) is 0 Å². The molecule has 1 aliphatic heterocycles. The molecule has 1 saturated heterocycles. The summed E-state index contributed by atoms with van der Waals surface area (Å²) in [4.78, 5) is 14.8. The maximum Gasteiger partial charge on any atom is 0.254 e. The number of nitrogens with zero attached hydrogens (tertiary/aromatic N) is 2. The molecule has 7 nitrogen and oxygen atoms in total. The molecule has 0 radical (unpaired) electrons. The van der Waals surface area contributed by atoms with Crippen LogP contribution < -0.4 is 9.47 Å². The van der Waals surface area contributed by atoms with Gasteiger partial charge in [-0.25, -0.2) is 8.42 Å². The van der Waals surface area contributed by atoms with Gasteiger partial charge in [-0.15, -0.1) is 6.58 Å². The lowest BCUT2D eigenvalue weighted by atomic mass is 10.0. The minimum atomic E-state index is -3.44. The molecule has 3 rings (SSSR count). The van der Waals surface area contributed by atoms with Crippen molar-refractivity contribution in [1.29, 1.82) is 0 Å². The molecule has 0 bridgehead atoms. The Labute approximate surface area is 183 Å². The van der Waals surface area contributed by atoms with Crippen LogP contribution in [0.4, 0.5) is 0 Å². The van der Waals surface area contributed by atoms with E-state index in [0.29, 0.717) is 36.6 Å². The number of benzene rings is 2. The molecule has 0 aromatic heterocycles. The molecule has 1 heterocycles. The molecule has 1 fully saturated rings. The minimum absolute atomic E-state index is 0.0393. The SMILES string of the molecule is C=CCc1cc(C(=O)N2CCN(S(=O)(=O)Cc3ccccc3)CC2)cc(OC)c1OC. The van der Waals surface area contributed by atoms with Crippen LogP contribution in [-0.4, -0.2) is 63.9 Å². The molecule has 0 aliphatic carbocycles. The van der Waals surface area contributed by atoms with Gasteiger partial charge in [0.2, 0.25) is 10.0 Å². The Bertz CT molecular complexity index is 1030. The number of allylic oxidation sites excluding steroid dienone is 1. The van der Waals surface area contributed by atoms with Crippen molar-refractivity contribution in [2.45, 2.75) is 12.2 Å². The molecule has 166 valence electrons. The van der Waals surface area contributed by atoms with Gasteiger partial charge in [0, 0.05) is 37.3 Å². The predicted octanol–water partition coefficient (Wildman–Crippen LogP) is 2.72. The summed E-state index contributed by atoms with van der Waals surface area (Å²) in [5.41, 5.74) is 2.04. The Kier molecular flexibility index (Phi) is 7.35. The van der Waals surface area contributed by atoms with Crippen LogP contribution in [-0.2, 0) is 22.2 Å². The molecule has 1 amide bonds. The van der Waals surface area contributed by atoms with Crippen LogP contribution in [0.3, 0.4) is 0 Å². The lowest BCUT2D eigenvalue weighted by Crippen LogP contribution is -2.50. The largest absolute Gasteiger partial charge is 0.493 e. The van der Waals surface area contributed by atoms with Crippen LogP contribution in [0.5, 0.6) is 11.5 Å². The van der Waals surface area contributed by atoms with Crippen LogP contribution in [0, 0.1) is 0 Å². The summed E-state index contributed by atoms with van der Waals surface area (Å²) >= 11 is 0. The average Bonchev–Trinajstić information content (AvgIpc) is 2.78. The fourth-order valence-corrected chi connectivity index (χ4v) is 5.22. The predicted molar refractivity (Wildman–Crippen MR) is 120 cm³/mol. The van der Waals surface area contributed by atoms with E-state index in [1.807, 2.05) is 18.2 Å². The number of methoxy groups -OCH3 is 2. The van der Waals surface area contributed by atoms with Crippen LogP contribution in [0.1, 0.15) is 21.5 Å². The first kappa shape index (κ1) is 22.8. The first-order valence-corrected chi connectivity index (χ1v) is 11.7. The summed E-state index contributed by atoms with van der Waals surface area (Å²) in [6, 6.07) is 12.5. The number of carbonyl (C=O) groups is 1. The normalized spacial score (nSPS) is 14.8. The highest BCUT2D eigenvalue weighted by Gasteiger charge is 2.30. The quantitative estimate of drug-likeness (QED) is 0.585. The first-order valence-electron chi connectivity index (χ1n) is 10.1. The molecule has 0 N–H and O–H groups in total.